The summed E-state index contributed by atoms with van der Waals surface area (Å²) in [6, 6.07) is 6.39. The van der Waals surface area contributed by atoms with Crippen LogP contribution in [-0.2, 0) is 25.6 Å². The SMILES string of the molecule is CCOC(=O)C=N.CCOC(C)=O.CCn1nc2ccc(C)cc2c1C. The third-order valence-corrected chi connectivity index (χ3v) is 3.21. The molecule has 0 aliphatic carbocycles. The van der Waals surface area contributed by atoms with Gasteiger partial charge in [0.05, 0.1) is 18.7 Å². The number of hydrogen-bond donors (Lipinski definition) is 1. The number of carbonyl (C=O) groups excluding carboxylic acids is 2. The molecule has 0 saturated heterocycles. The molecule has 2 aromatic rings. The van der Waals surface area contributed by atoms with E-state index >= 15 is 0 Å². The molecule has 0 fully saturated rings. The van der Waals surface area contributed by atoms with Gasteiger partial charge in [0.1, 0.15) is 6.21 Å². The average molecular weight is 363 g/mol. The summed E-state index contributed by atoms with van der Waals surface area (Å²) in [7, 11) is 0. The summed E-state index contributed by atoms with van der Waals surface area (Å²) in [6.45, 7) is 13.0. The van der Waals surface area contributed by atoms with E-state index in [-0.39, 0.29) is 5.97 Å². The smallest absolute Gasteiger partial charge is 0.348 e. The van der Waals surface area contributed by atoms with Gasteiger partial charge in [-0.2, -0.15) is 5.10 Å². The molecule has 0 spiro atoms. The quantitative estimate of drug-likeness (QED) is 0.663. The van der Waals surface area contributed by atoms with Gasteiger partial charge in [0, 0.05) is 24.5 Å². The maximum Gasteiger partial charge on any atom is 0.348 e. The summed E-state index contributed by atoms with van der Waals surface area (Å²) in [5, 5.41) is 12.1. The number of rotatable bonds is 4. The van der Waals surface area contributed by atoms with E-state index in [4.69, 9.17) is 5.41 Å². The van der Waals surface area contributed by atoms with Crippen LogP contribution in [-0.4, -0.2) is 41.1 Å². The van der Waals surface area contributed by atoms with E-state index in [1.165, 1.54) is 23.6 Å². The topological polar surface area (TPSA) is 94.3 Å². The second-order valence-electron chi connectivity index (χ2n) is 5.24. The number of carbonyl (C=O) groups is 2. The third kappa shape index (κ3) is 8.41. The van der Waals surface area contributed by atoms with Gasteiger partial charge < -0.3 is 14.9 Å². The van der Waals surface area contributed by atoms with Crippen LogP contribution in [0.25, 0.3) is 10.9 Å². The van der Waals surface area contributed by atoms with Gasteiger partial charge >= 0.3 is 11.9 Å². The number of fused-ring (bicyclic) bond motifs is 1. The molecule has 7 nitrogen and oxygen atoms in total. The van der Waals surface area contributed by atoms with Crippen LogP contribution in [0.3, 0.4) is 0 Å². The molecule has 0 unspecified atom stereocenters. The Hall–Kier alpha value is -2.70. The third-order valence-electron chi connectivity index (χ3n) is 3.21. The minimum absolute atomic E-state index is 0.211. The molecule has 144 valence electrons. The second-order valence-corrected chi connectivity index (χ2v) is 5.24. The van der Waals surface area contributed by atoms with Crippen molar-refractivity contribution in [2.45, 2.75) is 48.1 Å². The number of ether oxygens (including phenoxy) is 2. The fourth-order valence-electron chi connectivity index (χ4n) is 2.07. The highest BCUT2D eigenvalue weighted by Gasteiger charge is 2.04. The largest absolute Gasteiger partial charge is 0.466 e. The van der Waals surface area contributed by atoms with Crippen LogP contribution in [0.15, 0.2) is 18.2 Å². The van der Waals surface area contributed by atoms with Crippen LogP contribution >= 0.6 is 0 Å². The molecule has 0 radical (unpaired) electrons. The summed E-state index contributed by atoms with van der Waals surface area (Å²) in [5.74, 6) is -0.792. The molecule has 2 rings (SSSR count). The van der Waals surface area contributed by atoms with E-state index in [1.807, 2.05) is 4.68 Å². The Balaban J connectivity index is 0.000000411. The highest BCUT2D eigenvalue weighted by atomic mass is 16.5. The van der Waals surface area contributed by atoms with Crippen molar-refractivity contribution in [3.05, 3.63) is 29.5 Å². The normalized spacial score (nSPS) is 9.31. The molecular weight excluding hydrogens is 334 g/mol. The Morgan fingerprint density at radius 1 is 1.15 bits per heavy atom. The predicted molar refractivity (Wildman–Crippen MR) is 103 cm³/mol. The zero-order valence-electron chi connectivity index (χ0n) is 16.5. The average Bonchev–Trinajstić information content (AvgIpc) is 2.92. The standard InChI is InChI=1S/C11H14N2.C4H7NO2.C4H8O2/c1-4-13-9(3)10-7-8(2)5-6-11(10)12-13;1-2-7-4(6)3-5;1-3-6-4(2)5/h5-7H,4H2,1-3H3;3,5H,2H2,1H3;3H2,1-2H3. The molecule has 0 amide bonds. The van der Waals surface area contributed by atoms with E-state index in [2.05, 4.69) is 53.5 Å². The summed E-state index contributed by atoms with van der Waals surface area (Å²) < 4.78 is 10.8. The van der Waals surface area contributed by atoms with Crippen molar-refractivity contribution in [1.82, 2.24) is 9.78 Å². The fraction of sp³-hybridized carbons (Fsp3) is 0.474. The molecule has 0 aliphatic rings. The Labute approximate surface area is 154 Å². The highest BCUT2D eigenvalue weighted by Crippen LogP contribution is 2.18. The molecule has 1 aromatic carbocycles. The lowest BCUT2D eigenvalue weighted by atomic mass is 10.1. The van der Waals surface area contributed by atoms with Crippen molar-refractivity contribution in [3.8, 4) is 0 Å². The van der Waals surface area contributed by atoms with Gasteiger partial charge in [-0.3, -0.25) is 9.48 Å². The Kier molecular flexibility index (Phi) is 11.3. The first-order chi connectivity index (χ1) is 12.3. The molecule has 1 aromatic heterocycles. The van der Waals surface area contributed by atoms with Crippen molar-refractivity contribution in [2.75, 3.05) is 13.2 Å². The maximum absolute atomic E-state index is 9.95. The maximum atomic E-state index is 9.95. The monoisotopic (exact) mass is 363 g/mol. The summed E-state index contributed by atoms with van der Waals surface area (Å²) in [6.07, 6.45) is 0.642. The predicted octanol–water partition coefficient (Wildman–Crippen LogP) is 3.44. The zero-order valence-corrected chi connectivity index (χ0v) is 16.5. The zero-order chi connectivity index (χ0) is 20.1. The van der Waals surface area contributed by atoms with Crippen molar-refractivity contribution < 1.29 is 19.1 Å². The minimum atomic E-state index is -0.581. The van der Waals surface area contributed by atoms with Gasteiger partial charge in [0.2, 0.25) is 0 Å². The first-order valence-electron chi connectivity index (χ1n) is 8.54. The molecular formula is C19H29N3O4. The first kappa shape index (κ1) is 23.3. The lowest BCUT2D eigenvalue weighted by molar-refractivity contribution is -0.140. The minimum Gasteiger partial charge on any atom is -0.466 e. The Bertz CT molecular complexity index is 723. The van der Waals surface area contributed by atoms with Crippen LogP contribution in [0, 0.1) is 19.3 Å². The molecule has 7 heteroatoms. The second kappa shape index (κ2) is 12.6. The van der Waals surface area contributed by atoms with Crippen LogP contribution in [0.1, 0.15) is 39.0 Å². The van der Waals surface area contributed by atoms with E-state index in [0.717, 1.165) is 12.1 Å². The summed E-state index contributed by atoms with van der Waals surface area (Å²) in [4.78, 5) is 19.8. The van der Waals surface area contributed by atoms with Crippen LogP contribution in [0.5, 0.6) is 0 Å². The molecule has 26 heavy (non-hydrogen) atoms. The van der Waals surface area contributed by atoms with Gasteiger partial charge in [-0.25, -0.2) is 4.79 Å². The van der Waals surface area contributed by atoms with Crippen molar-refractivity contribution >= 4 is 29.1 Å². The number of benzene rings is 1. The number of nitrogens with one attached hydrogen (secondary N) is 1. The molecule has 0 aliphatic heterocycles. The van der Waals surface area contributed by atoms with E-state index < -0.39 is 5.97 Å². The van der Waals surface area contributed by atoms with Crippen LogP contribution in [0.2, 0.25) is 0 Å². The molecule has 1 N–H and O–H groups in total. The molecule has 0 bridgehead atoms. The lowest BCUT2D eigenvalue weighted by Gasteiger charge is -1.96. The van der Waals surface area contributed by atoms with E-state index in [9.17, 15) is 9.59 Å². The number of nitrogens with zero attached hydrogens (tertiary/aromatic N) is 2. The Morgan fingerprint density at radius 3 is 2.15 bits per heavy atom. The van der Waals surface area contributed by atoms with Crippen molar-refractivity contribution in [1.29, 1.82) is 5.41 Å². The fourth-order valence-corrected chi connectivity index (χ4v) is 2.07. The molecule has 0 atom stereocenters. The summed E-state index contributed by atoms with van der Waals surface area (Å²) >= 11 is 0. The number of hydrogen-bond acceptors (Lipinski definition) is 6. The van der Waals surface area contributed by atoms with Gasteiger partial charge in [-0.15, -0.1) is 0 Å². The van der Waals surface area contributed by atoms with Crippen molar-refractivity contribution in [2.24, 2.45) is 0 Å². The van der Waals surface area contributed by atoms with Gasteiger partial charge in [-0.1, -0.05) is 11.6 Å². The van der Waals surface area contributed by atoms with Crippen molar-refractivity contribution in [3.63, 3.8) is 0 Å². The molecule has 1 heterocycles. The highest BCUT2D eigenvalue weighted by molar-refractivity contribution is 6.21. The van der Waals surface area contributed by atoms with Crippen LogP contribution < -0.4 is 0 Å². The molecule has 0 saturated carbocycles. The van der Waals surface area contributed by atoms with Gasteiger partial charge in [0.15, 0.2) is 0 Å². The number of aryl methyl sites for hydroxylation is 3. The lowest BCUT2D eigenvalue weighted by Crippen LogP contribution is -2.02. The van der Waals surface area contributed by atoms with E-state index in [0.29, 0.717) is 19.4 Å². The number of esters is 2. The van der Waals surface area contributed by atoms with Crippen LogP contribution in [0.4, 0.5) is 0 Å². The Morgan fingerprint density at radius 2 is 1.77 bits per heavy atom. The first-order valence-corrected chi connectivity index (χ1v) is 8.54. The van der Waals surface area contributed by atoms with Gasteiger partial charge in [0.25, 0.3) is 0 Å². The van der Waals surface area contributed by atoms with E-state index in [1.54, 1.807) is 13.8 Å². The summed E-state index contributed by atoms with van der Waals surface area (Å²) in [5.41, 5.74) is 3.66. The van der Waals surface area contributed by atoms with Gasteiger partial charge in [-0.05, 0) is 46.8 Å². The number of aromatic nitrogens is 2.